The van der Waals surface area contributed by atoms with Crippen molar-refractivity contribution in [1.82, 2.24) is 39.9 Å². The smallest absolute Gasteiger partial charge is 0.293 e. The molecule has 3 saturated heterocycles. The van der Waals surface area contributed by atoms with Gasteiger partial charge in [0, 0.05) is 75.9 Å². The van der Waals surface area contributed by atoms with Crippen molar-refractivity contribution < 1.29 is 43.3 Å². The van der Waals surface area contributed by atoms with Gasteiger partial charge < -0.3 is 34.7 Å². The molecule has 4 aromatic rings. The lowest BCUT2D eigenvalue weighted by molar-refractivity contribution is -0.136. The number of aryl methyl sites for hydroxylation is 1. The predicted octanol–water partition coefficient (Wildman–Crippen LogP) is 1.71. The lowest BCUT2D eigenvalue weighted by atomic mass is 10.0. The zero-order chi connectivity index (χ0) is 44.9. The summed E-state index contributed by atoms with van der Waals surface area (Å²) in [6.07, 6.45) is 2.62. The molecule has 6 heterocycles. The van der Waals surface area contributed by atoms with Gasteiger partial charge in [0.05, 0.1) is 22.8 Å². The molecule has 4 aliphatic rings. The van der Waals surface area contributed by atoms with Crippen molar-refractivity contribution in [3.63, 3.8) is 0 Å². The monoisotopic (exact) mass is 886 g/mol. The molecule has 2 aromatic heterocycles. The number of nitrogens with one attached hydrogen (secondary N) is 3. The normalized spacial score (nSPS) is 20.2. The number of anilines is 3. The number of hydrogen-bond acceptors (Lipinski definition) is 15. The molecule has 1 unspecified atom stereocenters. The summed E-state index contributed by atoms with van der Waals surface area (Å²) in [5, 5.41) is 16.0. The van der Waals surface area contributed by atoms with Crippen LogP contribution in [0.25, 0.3) is 10.9 Å². The topological polar surface area (TPSA) is 238 Å². The molecule has 2 aromatic carbocycles. The summed E-state index contributed by atoms with van der Waals surface area (Å²) in [5.74, 6) is -0.996. The molecule has 332 valence electrons. The number of carbonyl (C=O) groups is 6. The fourth-order valence-electron chi connectivity index (χ4n) is 8.34. The Hall–Kier alpha value is -6.64. The lowest BCUT2D eigenvalue weighted by Crippen LogP contribution is -2.54. The molecule has 4 aliphatic heterocycles. The second kappa shape index (κ2) is 19.2. The number of piperazine rings is 1. The van der Waals surface area contributed by atoms with E-state index in [-0.39, 0.29) is 60.3 Å². The van der Waals surface area contributed by atoms with Gasteiger partial charge in [-0.3, -0.25) is 53.6 Å². The number of halogens is 1. The van der Waals surface area contributed by atoms with E-state index in [1.165, 1.54) is 7.05 Å². The van der Waals surface area contributed by atoms with Gasteiger partial charge in [-0.1, -0.05) is 11.6 Å². The molecule has 0 spiro atoms. The van der Waals surface area contributed by atoms with E-state index in [9.17, 15) is 28.8 Å². The number of likely N-dealkylation sites (N-methyl/N-ethyl adjacent to an activating group) is 2. The van der Waals surface area contributed by atoms with E-state index in [0.29, 0.717) is 60.5 Å². The number of piperidine rings is 1. The first-order valence-corrected chi connectivity index (χ1v) is 20.8. The number of nitrogens with zero attached hydrogens (tertiary/aromatic N) is 7. The minimum atomic E-state index is -1.02. The van der Waals surface area contributed by atoms with Crippen molar-refractivity contribution in [3.05, 3.63) is 75.2 Å². The summed E-state index contributed by atoms with van der Waals surface area (Å²) in [5.41, 5.74) is 1.49. The Morgan fingerprint density at radius 2 is 1.76 bits per heavy atom. The van der Waals surface area contributed by atoms with Gasteiger partial charge in [0.15, 0.2) is 18.2 Å². The second-order valence-electron chi connectivity index (χ2n) is 15.4. The Morgan fingerprint density at radius 1 is 1.02 bits per heavy atom. The number of rotatable bonds is 12. The van der Waals surface area contributed by atoms with Crippen molar-refractivity contribution in [2.45, 2.75) is 50.9 Å². The average Bonchev–Trinajstić information content (AvgIpc) is 3.77. The molecular weight excluding hydrogens is 840 g/mol. The minimum Gasteiger partial charge on any atom is -0.492 e. The highest BCUT2D eigenvalue weighted by Crippen LogP contribution is 2.32. The maximum absolute atomic E-state index is 13.3. The molecule has 63 heavy (non-hydrogen) atoms. The molecule has 0 aliphatic carbocycles. The highest BCUT2D eigenvalue weighted by molar-refractivity contribution is 6.33. The van der Waals surface area contributed by atoms with Gasteiger partial charge in [-0.25, -0.2) is 4.98 Å². The quantitative estimate of drug-likeness (QED) is 0.117. The number of ether oxygens (including phenoxy) is 2. The maximum Gasteiger partial charge on any atom is 0.293 e. The van der Waals surface area contributed by atoms with Gasteiger partial charge in [-0.15, -0.1) is 0 Å². The summed E-state index contributed by atoms with van der Waals surface area (Å²) in [7, 11) is 3.57. The van der Waals surface area contributed by atoms with E-state index >= 15 is 0 Å². The molecule has 3 fully saturated rings. The number of aromatic nitrogens is 3. The maximum atomic E-state index is 13.3. The van der Waals surface area contributed by atoms with E-state index in [4.69, 9.17) is 36.0 Å². The third kappa shape index (κ3) is 9.42. The molecular formula is C42H47ClN10O10. The van der Waals surface area contributed by atoms with Crippen molar-refractivity contribution in [3.8, 4) is 11.5 Å². The number of pyridine rings is 1. The summed E-state index contributed by atoms with van der Waals surface area (Å²) >= 11 is 6.58. The SMILES string of the molecule is CCn1c(=O)c(OCC(=O)NC)cc2cc(Nc3nc(N4CCN([C@@H]5C[C@@H](COc6ccc7c(c6)C(=O)N(C6CCC(=O)NC6=O)C7=O)N(C)C5)CC4)ncc3Cl)ccc21.O=CO. The minimum absolute atomic E-state index is 0.0584. The Labute approximate surface area is 366 Å². The Balaban J connectivity index is 0.00000193. The van der Waals surface area contributed by atoms with E-state index in [1.807, 2.05) is 25.1 Å². The van der Waals surface area contributed by atoms with Gasteiger partial charge in [-0.05, 0) is 69.3 Å². The predicted molar refractivity (Wildman–Crippen MR) is 230 cm³/mol. The third-order valence-corrected chi connectivity index (χ3v) is 11.9. The first-order valence-electron chi connectivity index (χ1n) is 20.4. The van der Waals surface area contributed by atoms with Crippen LogP contribution in [-0.2, 0) is 25.7 Å². The number of carbonyl (C=O) groups excluding carboxylic acids is 5. The van der Waals surface area contributed by atoms with Crippen LogP contribution in [0.4, 0.5) is 17.5 Å². The van der Waals surface area contributed by atoms with Crippen LogP contribution in [0.15, 0.2) is 53.5 Å². The van der Waals surface area contributed by atoms with Gasteiger partial charge in [0.2, 0.25) is 17.8 Å². The summed E-state index contributed by atoms with van der Waals surface area (Å²) in [6, 6.07) is 11.4. The fraction of sp³-hybridized carbons (Fsp3) is 0.405. The molecule has 0 radical (unpaired) electrons. The number of carboxylic acid groups (broad SMARTS) is 1. The van der Waals surface area contributed by atoms with E-state index in [1.54, 1.807) is 35.0 Å². The van der Waals surface area contributed by atoms with Crippen LogP contribution in [0.3, 0.4) is 0 Å². The number of imide groups is 2. The molecule has 3 atom stereocenters. The first kappa shape index (κ1) is 44.4. The third-order valence-electron chi connectivity index (χ3n) is 11.6. The number of fused-ring (bicyclic) bond motifs is 2. The summed E-state index contributed by atoms with van der Waals surface area (Å²) in [4.78, 5) is 101. The van der Waals surface area contributed by atoms with Crippen LogP contribution < -0.4 is 35.9 Å². The number of benzene rings is 2. The van der Waals surface area contributed by atoms with E-state index in [0.717, 1.165) is 41.9 Å². The van der Waals surface area contributed by atoms with Gasteiger partial charge in [-0.2, -0.15) is 4.98 Å². The molecule has 8 rings (SSSR count). The van der Waals surface area contributed by atoms with Crippen molar-refractivity contribution in [2.75, 3.05) is 70.2 Å². The first-order chi connectivity index (χ1) is 30.3. The second-order valence-corrected chi connectivity index (χ2v) is 15.8. The fourth-order valence-corrected chi connectivity index (χ4v) is 8.47. The van der Waals surface area contributed by atoms with E-state index < -0.39 is 29.7 Å². The molecule has 5 amide bonds. The Morgan fingerprint density at radius 3 is 2.48 bits per heavy atom. The average molecular weight is 887 g/mol. The van der Waals surface area contributed by atoms with Gasteiger partial charge >= 0.3 is 0 Å². The lowest BCUT2D eigenvalue weighted by Gasteiger charge is -2.38. The highest BCUT2D eigenvalue weighted by Gasteiger charge is 2.45. The Kier molecular flexibility index (Phi) is 13.5. The van der Waals surface area contributed by atoms with Crippen LogP contribution in [0.2, 0.25) is 5.02 Å². The number of amides is 5. The molecule has 0 saturated carbocycles. The number of hydrogen-bond donors (Lipinski definition) is 4. The Bertz CT molecular complexity index is 2510. The highest BCUT2D eigenvalue weighted by atomic mass is 35.5. The van der Waals surface area contributed by atoms with E-state index in [2.05, 4.69) is 42.7 Å². The molecule has 21 heteroatoms. The zero-order valence-corrected chi connectivity index (χ0v) is 35.6. The van der Waals surface area contributed by atoms with Crippen LogP contribution in [0.5, 0.6) is 11.5 Å². The van der Waals surface area contributed by atoms with Crippen molar-refractivity contribution in [2.24, 2.45) is 0 Å². The number of likely N-dealkylation sites (tertiary alicyclic amines) is 1. The van der Waals surface area contributed by atoms with Crippen LogP contribution in [-0.4, -0.2) is 149 Å². The standard InChI is InChI=1S/C41H45ClN10O8.CH2O2/c1-4-51-31-8-5-24(15-23(31)16-33(40(51)58)60-22-35(54)43-2)45-36-30(42)19-44-41(47-36)50-13-11-49(12-14-50)25-17-26(48(3)20-25)21-59-27-6-7-28-29(18-27)39(57)52(38(28)56)32-9-10-34(53)46-37(32)55;2-1-3/h5-8,15-16,18-19,25-26,32H,4,9-14,17,20-22H2,1-3H3,(H,43,54)(H,44,45,47)(H,46,53,55);1H,(H,2,3)/t25-,26+,32?;/m1./s1. The summed E-state index contributed by atoms with van der Waals surface area (Å²) in [6.45, 7) is 6.05. The van der Waals surface area contributed by atoms with Crippen molar-refractivity contribution in [1.29, 1.82) is 0 Å². The van der Waals surface area contributed by atoms with Gasteiger partial charge in [0.25, 0.3) is 29.8 Å². The van der Waals surface area contributed by atoms with Gasteiger partial charge in [0.1, 0.15) is 23.4 Å². The molecule has 0 bridgehead atoms. The zero-order valence-electron chi connectivity index (χ0n) is 34.8. The molecule has 4 N–H and O–H groups in total. The van der Waals surface area contributed by atoms with Crippen molar-refractivity contribution >= 4 is 76.0 Å². The van der Waals surface area contributed by atoms with Crippen LogP contribution in [0.1, 0.15) is 46.9 Å². The van der Waals surface area contributed by atoms with Crippen LogP contribution >= 0.6 is 11.6 Å². The molecule has 20 nitrogen and oxygen atoms in total. The van der Waals surface area contributed by atoms with Crippen LogP contribution in [0, 0.1) is 0 Å². The largest absolute Gasteiger partial charge is 0.492 e. The summed E-state index contributed by atoms with van der Waals surface area (Å²) < 4.78 is 13.3.